The van der Waals surface area contributed by atoms with Gasteiger partial charge in [-0.1, -0.05) is 316 Å². The Hall–Kier alpha value is -4.05. The largest absolute Gasteiger partial charge is 0.472 e. The fraction of sp³-hybridized carbons (Fsp3) is 0.723. The minimum atomic E-state index is -4.94. The quantitative estimate of drug-likeness (QED) is 0.0146. The lowest BCUT2D eigenvalue weighted by molar-refractivity contribution is -0.161. The van der Waals surface area contributed by atoms with Crippen LogP contribution in [0.4, 0.5) is 0 Å². The van der Waals surface area contributed by atoms with E-state index in [0.717, 1.165) is 122 Å². The Morgan fingerprint density at radius 2 is 0.525 bits per heavy atom. The van der Waals surface area contributed by atoms with Crippen molar-refractivity contribution in [3.05, 3.63) is 122 Å². The number of carbonyl (C=O) groups excluding carboxylic acids is 3. The van der Waals surface area contributed by atoms with E-state index in [-0.39, 0.29) is 19.3 Å². The van der Waals surface area contributed by atoms with Crippen LogP contribution in [-0.2, 0) is 55.8 Å². The van der Waals surface area contributed by atoms with Gasteiger partial charge in [-0.15, -0.1) is 0 Å². The molecule has 582 valence electrons. The van der Waals surface area contributed by atoms with E-state index in [1.807, 2.05) is 0 Å². The molecule has 18 heteroatoms. The van der Waals surface area contributed by atoms with Crippen molar-refractivity contribution in [2.24, 2.45) is 0 Å². The minimum absolute atomic E-state index is 0.0961. The van der Waals surface area contributed by atoms with Crippen LogP contribution in [0.3, 0.4) is 0 Å². The summed E-state index contributed by atoms with van der Waals surface area (Å²) in [6.07, 6.45) is 89.6. The summed E-state index contributed by atoms with van der Waals surface area (Å²) in [4.78, 5) is 58.6. The Labute approximate surface area is 614 Å². The maximum atomic E-state index is 13.0. The van der Waals surface area contributed by atoms with Crippen molar-refractivity contribution < 1.29 is 75.8 Å². The van der Waals surface area contributed by atoms with E-state index in [1.165, 1.54) is 148 Å². The van der Waals surface area contributed by atoms with Gasteiger partial charge < -0.3 is 34.2 Å². The van der Waals surface area contributed by atoms with Crippen LogP contribution < -0.4 is 0 Å². The number of ether oxygens (including phenoxy) is 3. The molecule has 4 N–H and O–H groups in total. The van der Waals surface area contributed by atoms with Crippen molar-refractivity contribution in [3.63, 3.8) is 0 Å². The molecule has 0 heterocycles. The standard InChI is InChI=1S/C83H144O16P2/c1-4-7-10-13-16-19-22-25-28-30-32-34-35-36-37-38-39-40-41-43-45-46-49-51-54-57-60-63-66-69-81(86)93-72-78(84)73-95-100(89,90)96-74-79(85)75-97-101(91,92)98-77-80(99-83(88)71-68-65-62-59-56-53-48-27-24-21-18-15-12-9-6-3)76-94-82(87)70-67-64-61-58-55-52-50-47-44-42-33-31-29-26-23-20-17-14-11-8-5-2/h8,11,16-17,19-20,25-26,28-29,32-34,36-37,42,47,50,55,58,78-80,84-85H,4-7,9-10,12-15,18,21-24,27,30-31,35,38-41,43-46,48-49,51-54,56-57,59-77H2,1-3H3,(H,89,90)(H,91,92)/b11-8-,19-16-,20-17-,28-25-,29-26-,34-32-,37-36-,42-33-,50-47-,58-55-. The minimum Gasteiger partial charge on any atom is -0.463 e. The molecule has 5 unspecified atom stereocenters. The highest BCUT2D eigenvalue weighted by Crippen LogP contribution is 2.45. The number of hydrogen-bond acceptors (Lipinski definition) is 14. The first-order valence-corrected chi connectivity index (χ1v) is 42.8. The van der Waals surface area contributed by atoms with Gasteiger partial charge in [0, 0.05) is 19.3 Å². The van der Waals surface area contributed by atoms with Crippen molar-refractivity contribution in [1.29, 1.82) is 0 Å². The molecule has 0 saturated carbocycles. The third-order valence-corrected chi connectivity index (χ3v) is 18.6. The number of aliphatic hydroxyl groups is 2. The van der Waals surface area contributed by atoms with Crippen molar-refractivity contribution in [3.8, 4) is 0 Å². The zero-order valence-corrected chi connectivity index (χ0v) is 65.3. The van der Waals surface area contributed by atoms with Crippen LogP contribution in [0, 0.1) is 0 Å². The first kappa shape index (κ1) is 97.0. The number of phosphoric acid groups is 2. The van der Waals surface area contributed by atoms with Crippen molar-refractivity contribution in [2.75, 3.05) is 39.6 Å². The van der Waals surface area contributed by atoms with Gasteiger partial charge in [0.25, 0.3) is 0 Å². The summed E-state index contributed by atoms with van der Waals surface area (Å²) in [5, 5.41) is 20.6. The topological polar surface area (TPSA) is 231 Å². The molecule has 0 amide bonds. The third-order valence-electron chi connectivity index (χ3n) is 16.7. The van der Waals surface area contributed by atoms with E-state index in [1.54, 1.807) is 0 Å². The fourth-order valence-electron chi connectivity index (χ4n) is 10.6. The van der Waals surface area contributed by atoms with Gasteiger partial charge in [0.1, 0.15) is 25.4 Å². The van der Waals surface area contributed by atoms with Gasteiger partial charge in [-0.25, -0.2) is 9.13 Å². The van der Waals surface area contributed by atoms with E-state index in [4.69, 9.17) is 32.3 Å². The SMILES string of the molecule is CC/C=C\C/C=C\C/C=C\C/C=C\C/C=C\C/C=C\CCCCC(=O)OCC(COP(=O)(O)OCC(O)COP(=O)(O)OCC(O)COC(=O)CCCCCCCCCCCCCCC/C=C\C/C=C\C/C=C\C/C=C\CCCCC)OC(=O)CCCCCCCCCCCCCCCCC. The Kier molecular flexibility index (Phi) is 72.6. The van der Waals surface area contributed by atoms with Gasteiger partial charge in [-0.05, 0) is 116 Å². The molecule has 16 nitrogen and oxygen atoms in total. The summed E-state index contributed by atoms with van der Waals surface area (Å²) < 4.78 is 61.1. The number of esters is 3. The average molecular weight is 1460 g/mol. The highest BCUT2D eigenvalue weighted by atomic mass is 31.2. The second kappa shape index (κ2) is 75.6. The second-order valence-electron chi connectivity index (χ2n) is 26.5. The molecule has 0 aliphatic heterocycles. The molecule has 0 aromatic carbocycles. The van der Waals surface area contributed by atoms with Crippen LogP contribution in [0.5, 0.6) is 0 Å². The van der Waals surface area contributed by atoms with E-state index < -0.39 is 91.5 Å². The number of carbonyl (C=O) groups is 3. The molecule has 0 aliphatic rings. The monoisotopic (exact) mass is 1460 g/mol. The molecule has 0 spiro atoms. The average Bonchev–Trinajstić information content (AvgIpc) is 1.09. The smallest absolute Gasteiger partial charge is 0.463 e. The number of aliphatic hydroxyl groups excluding tert-OH is 2. The Morgan fingerprint density at radius 3 is 0.871 bits per heavy atom. The Bertz CT molecular complexity index is 2320. The number of rotatable bonds is 75. The predicted molar refractivity (Wildman–Crippen MR) is 417 cm³/mol. The zero-order valence-electron chi connectivity index (χ0n) is 63.5. The van der Waals surface area contributed by atoms with Gasteiger partial charge >= 0.3 is 33.6 Å². The normalized spacial score (nSPS) is 14.6. The number of allylic oxidation sites excluding steroid dienone is 20. The van der Waals surface area contributed by atoms with Gasteiger partial charge in [0.2, 0.25) is 0 Å². The summed E-state index contributed by atoms with van der Waals surface area (Å²) in [6.45, 7) is 2.52. The van der Waals surface area contributed by atoms with E-state index >= 15 is 0 Å². The van der Waals surface area contributed by atoms with Crippen molar-refractivity contribution in [1.82, 2.24) is 0 Å². The molecule has 0 aromatic heterocycles. The van der Waals surface area contributed by atoms with Crippen LogP contribution in [-0.4, -0.2) is 95.9 Å². The lowest BCUT2D eigenvalue weighted by Gasteiger charge is -2.21. The van der Waals surface area contributed by atoms with Crippen LogP contribution in [0.2, 0.25) is 0 Å². The maximum absolute atomic E-state index is 13.0. The molecular formula is C83H144O16P2. The zero-order chi connectivity index (χ0) is 73.7. The van der Waals surface area contributed by atoms with Crippen LogP contribution in [0.25, 0.3) is 0 Å². The highest BCUT2D eigenvalue weighted by Gasteiger charge is 2.29. The number of phosphoric ester groups is 2. The summed E-state index contributed by atoms with van der Waals surface area (Å²) >= 11 is 0. The van der Waals surface area contributed by atoms with Crippen LogP contribution in [0.15, 0.2) is 122 Å². The first-order chi connectivity index (χ1) is 49.2. The van der Waals surface area contributed by atoms with E-state index in [9.17, 15) is 43.5 Å². The molecule has 5 atom stereocenters. The molecule has 0 rings (SSSR count). The van der Waals surface area contributed by atoms with Crippen LogP contribution in [0.1, 0.15) is 329 Å². The summed E-state index contributed by atoms with van der Waals surface area (Å²) in [5.74, 6) is -1.62. The maximum Gasteiger partial charge on any atom is 0.472 e. The van der Waals surface area contributed by atoms with Crippen LogP contribution >= 0.6 is 15.6 Å². The van der Waals surface area contributed by atoms with Gasteiger partial charge in [0.15, 0.2) is 6.10 Å². The molecule has 101 heavy (non-hydrogen) atoms. The number of hydrogen-bond donors (Lipinski definition) is 4. The Morgan fingerprint density at radius 1 is 0.287 bits per heavy atom. The molecule has 0 saturated heterocycles. The Balaban J connectivity index is 4.56. The predicted octanol–water partition coefficient (Wildman–Crippen LogP) is 23.3. The third kappa shape index (κ3) is 76.9. The summed E-state index contributed by atoms with van der Waals surface area (Å²) in [5.41, 5.74) is 0. The van der Waals surface area contributed by atoms with Gasteiger partial charge in [0.05, 0.1) is 26.4 Å². The molecular weight excluding hydrogens is 1310 g/mol. The van der Waals surface area contributed by atoms with E-state index in [0.29, 0.717) is 19.3 Å². The molecule has 0 radical (unpaired) electrons. The molecule has 0 aliphatic carbocycles. The molecule has 0 fully saturated rings. The van der Waals surface area contributed by atoms with E-state index in [2.05, 4.69) is 142 Å². The lowest BCUT2D eigenvalue weighted by Crippen LogP contribution is -2.30. The highest BCUT2D eigenvalue weighted by molar-refractivity contribution is 7.47. The molecule has 0 aromatic rings. The van der Waals surface area contributed by atoms with Crippen molar-refractivity contribution in [2.45, 2.75) is 347 Å². The van der Waals surface area contributed by atoms with Gasteiger partial charge in [-0.3, -0.25) is 32.5 Å². The first-order valence-electron chi connectivity index (χ1n) is 39.8. The number of unbranched alkanes of at least 4 members (excludes halogenated alkanes) is 32. The fourth-order valence-corrected chi connectivity index (χ4v) is 12.2. The summed E-state index contributed by atoms with van der Waals surface area (Å²) in [6, 6.07) is 0. The molecule has 0 bridgehead atoms. The second-order valence-corrected chi connectivity index (χ2v) is 29.4. The summed E-state index contributed by atoms with van der Waals surface area (Å²) in [7, 11) is -9.80. The van der Waals surface area contributed by atoms with Gasteiger partial charge in [-0.2, -0.15) is 0 Å². The van der Waals surface area contributed by atoms with Crippen molar-refractivity contribution >= 4 is 33.6 Å². The lowest BCUT2D eigenvalue weighted by atomic mass is 10.0.